The second-order valence-electron chi connectivity index (χ2n) is 8.04. The molecule has 5 rings (SSSR count). The molecule has 2 spiro atoms. The third-order valence-electron chi connectivity index (χ3n) is 7.12. The van der Waals surface area contributed by atoms with Gasteiger partial charge in [0, 0.05) is 24.8 Å². The zero-order chi connectivity index (χ0) is 14.6. The number of hydroxylamine groups is 2. The molecule has 3 saturated carbocycles. The molecule has 5 aliphatic rings. The average Bonchev–Trinajstić information content (AvgIpc) is 3.08. The lowest BCUT2D eigenvalue weighted by Gasteiger charge is -2.49. The monoisotopic (exact) mass is 291 g/mol. The van der Waals surface area contributed by atoms with E-state index in [1.165, 1.54) is 0 Å². The topological polar surface area (TPSA) is 66.8 Å². The van der Waals surface area contributed by atoms with Crippen LogP contribution in [-0.2, 0) is 14.4 Å². The van der Waals surface area contributed by atoms with Crippen molar-refractivity contribution in [1.82, 2.24) is 5.06 Å². The Labute approximate surface area is 123 Å². The maximum absolute atomic E-state index is 13.1. The molecule has 7 unspecified atom stereocenters. The number of carbonyl (C=O) groups is 2. The van der Waals surface area contributed by atoms with Gasteiger partial charge in [0.2, 0.25) is 0 Å². The van der Waals surface area contributed by atoms with Gasteiger partial charge in [0.05, 0.1) is 23.2 Å². The van der Waals surface area contributed by atoms with E-state index < -0.39 is 16.4 Å². The number of carbonyl (C=O) groups excluding carboxylic acids is 2. The van der Waals surface area contributed by atoms with E-state index in [4.69, 9.17) is 4.84 Å². The van der Waals surface area contributed by atoms with E-state index in [1.807, 2.05) is 5.06 Å². The van der Waals surface area contributed by atoms with Crippen LogP contribution >= 0.6 is 0 Å². The van der Waals surface area contributed by atoms with Crippen molar-refractivity contribution in [3.05, 3.63) is 0 Å². The van der Waals surface area contributed by atoms with Crippen LogP contribution in [0, 0.1) is 16.7 Å². The summed E-state index contributed by atoms with van der Waals surface area (Å²) in [5.41, 5.74) is -2.09. The number of nitrogens with zero attached hydrogens (tertiary/aromatic N) is 1. The van der Waals surface area contributed by atoms with Gasteiger partial charge in [-0.15, -0.1) is 0 Å². The third kappa shape index (κ3) is 1.12. The Morgan fingerprint density at radius 2 is 2.10 bits per heavy atom. The minimum absolute atomic E-state index is 0.00963. The zero-order valence-electron chi connectivity index (χ0n) is 12.3. The predicted octanol–water partition coefficient (Wildman–Crippen LogP) is 0.844. The quantitative estimate of drug-likeness (QED) is 0.716. The minimum atomic E-state index is -0.949. The number of rotatable bonds is 0. The van der Waals surface area contributed by atoms with Crippen molar-refractivity contribution in [2.45, 2.75) is 63.2 Å². The molecule has 5 heteroatoms. The Hall–Kier alpha value is -0.780. The van der Waals surface area contributed by atoms with Gasteiger partial charge in [-0.25, -0.2) is 0 Å². The van der Waals surface area contributed by atoms with Gasteiger partial charge in [0.15, 0.2) is 0 Å². The lowest BCUT2D eigenvalue weighted by molar-refractivity contribution is -0.160. The summed E-state index contributed by atoms with van der Waals surface area (Å²) in [6, 6.07) is 0.0979. The van der Waals surface area contributed by atoms with Crippen LogP contribution in [0.25, 0.3) is 0 Å². The normalized spacial score (nSPS) is 61.0. The summed E-state index contributed by atoms with van der Waals surface area (Å²) in [6.07, 6.45) is 3.66. The van der Waals surface area contributed by atoms with Crippen molar-refractivity contribution in [3.63, 3.8) is 0 Å². The molecule has 2 heterocycles. The van der Waals surface area contributed by atoms with E-state index in [0.29, 0.717) is 12.8 Å². The van der Waals surface area contributed by atoms with Gasteiger partial charge in [-0.3, -0.25) is 14.4 Å². The van der Waals surface area contributed by atoms with Crippen LogP contribution in [0.4, 0.5) is 0 Å². The Kier molecular flexibility index (Phi) is 2.07. The number of fused-ring (bicyclic) bond motifs is 3. The molecular formula is C16H21NO4. The molecule has 0 aromatic heterocycles. The van der Waals surface area contributed by atoms with E-state index in [2.05, 4.69) is 0 Å². The number of hydrogen-bond donors (Lipinski definition) is 1. The number of piperidine rings is 1. The molecule has 0 radical (unpaired) electrons. The summed E-state index contributed by atoms with van der Waals surface area (Å²) in [6.45, 7) is 2.62. The van der Waals surface area contributed by atoms with Crippen molar-refractivity contribution >= 4 is 11.6 Å². The molecule has 3 aliphatic carbocycles. The van der Waals surface area contributed by atoms with E-state index in [-0.39, 0.29) is 36.1 Å². The van der Waals surface area contributed by atoms with Gasteiger partial charge in [0.1, 0.15) is 11.6 Å². The molecule has 21 heavy (non-hydrogen) atoms. The number of hydrogen-bond acceptors (Lipinski definition) is 5. The lowest BCUT2D eigenvalue weighted by atomic mass is 9.53. The fourth-order valence-electron chi connectivity index (χ4n) is 6.70. The first kappa shape index (κ1) is 12.7. The summed E-state index contributed by atoms with van der Waals surface area (Å²) in [5, 5.41) is 12.4. The molecule has 1 N–H and O–H groups in total. The molecule has 0 aromatic carbocycles. The highest BCUT2D eigenvalue weighted by atomic mass is 16.7. The Bertz CT molecular complexity index is 573. The highest BCUT2D eigenvalue weighted by molar-refractivity contribution is 6.02. The molecule has 7 atom stereocenters. The first-order chi connectivity index (χ1) is 9.92. The highest BCUT2D eigenvalue weighted by Gasteiger charge is 2.82. The maximum Gasteiger partial charge on any atom is 0.144 e. The molecule has 5 fully saturated rings. The second kappa shape index (κ2) is 3.42. The largest absolute Gasteiger partial charge is 0.390 e. The molecule has 0 aromatic rings. The first-order valence-electron chi connectivity index (χ1n) is 8.14. The van der Waals surface area contributed by atoms with E-state index in [9.17, 15) is 14.7 Å². The Morgan fingerprint density at radius 3 is 2.90 bits per heavy atom. The van der Waals surface area contributed by atoms with Gasteiger partial charge in [-0.1, -0.05) is 0 Å². The molecule has 2 bridgehead atoms. The van der Waals surface area contributed by atoms with Crippen molar-refractivity contribution < 1.29 is 19.5 Å². The van der Waals surface area contributed by atoms with E-state index in [0.717, 1.165) is 25.8 Å². The minimum Gasteiger partial charge on any atom is -0.390 e. The standard InChI is InChI=1S/C16H21NO4/c1-14(20)7-9-6-11(18)16-10(17-5-3-13(16)21-17)2-4-15(9,16)12(19)8-14/h9-10,13,20H,2-8H2,1H3. The third-order valence-corrected chi connectivity index (χ3v) is 7.12. The molecule has 2 aliphatic heterocycles. The number of ketones is 2. The molecule has 2 saturated heterocycles. The summed E-state index contributed by atoms with van der Waals surface area (Å²) >= 11 is 0. The van der Waals surface area contributed by atoms with Crippen LogP contribution in [0.3, 0.4) is 0 Å². The summed E-state index contributed by atoms with van der Waals surface area (Å²) in [5.74, 6) is 0.359. The SMILES string of the molecule is CC1(O)CC(=O)C23CCC4N5CCC(O5)C42C(=O)CC3C1. The van der Waals surface area contributed by atoms with E-state index >= 15 is 0 Å². The molecule has 0 amide bonds. The van der Waals surface area contributed by atoms with Crippen LogP contribution in [-0.4, -0.2) is 46.0 Å². The lowest BCUT2D eigenvalue weighted by Crippen LogP contribution is -2.60. The van der Waals surface area contributed by atoms with Crippen molar-refractivity contribution in [3.8, 4) is 0 Å². The summed E-state index contributed by atoms with van der Waals surface area (Å²) < 4.78 is 0. The molecular weight excluding hydrogens is 270 g/mol. The van der Waals surface area contributed by atoms with Crippen LogP contribution in [0.1, 0.15) is 45.4 Å². The maximum atomic E-state index is 13.1. The molecule has 114 valence electrons. The van der Waals surface area contributed by atoms with Crippen molar-refractivity contribution in [2.75, 3.05) is 6.54 Å². The Balaban J connectivity index is 1.71. The number of aliphatic hydroxyl groups is 1. The van der Waals surface area contributed by atoms with Gasteiger partial charge in [0.25, 0.3) is 0 Å². The van der Waals surface area contributed by atoms with E-state index in [1.54, 1.807) is 6.92 Å². The second-order valence-corrected chi connectivity index (χ2v) is 8.04. The smallest absolute Gasteiger partial charge is 0.144 e. The van der Waals surface area contributed by atoms with Crippen LogP contribution in [0.5, 0.6) is 0 Å². The van der Waals surface area contributed by atoms with Gasteiger partial charge in [-0.2, -0.15) is 5.06 Å². The van der Waals surface area contributed by atoms with Crippen LogP contribution in [0.15, 0.2) is 0 Å². The fraction of sp³-hybridized carbons (Fsp3) is 0.875. The summed E-state index contributed by atoms with van der Waals surface area (Å²) in [4.78, 5) is 32.1. The zero-order valence-corrected chi connectivity index (χ0v) is 12.3. The number of Topliss-reactive ketones (excluding diaryl/α,β-unsaturated/α-hetero) is 2. The predicted molar refractivity (Wildman–Crippen MR) is 72.1 cm³/mol. The first-order valence-corrected chi connectivity index (χ1v) is 8.14. The average molecular weight is 291 g/mol. The molecule has 5 nitrogen and oxygen atoms in total. The van der Waals surface area contributed by atoms with Gasteiger partial charge < -0.3 is 5.11 Å². The Morgan fingerprint density at radius 1 is 1.29 bits per heavy atom. The van der Waals surface area contributed by atoms with Crippen molar-refractivity contribution in [2.24, 2.45) is 16.7 Å². The van der Waals surface area contributed by atoms with Crippen LogP contribution in [0.2, 0.25) is 0 Å². The van der Waals surface area contributed by atoms with Crippen LogP contribution < -0.4 is 0 Å². The van der Waals surface area contributed by atoms with Crippen molar-refractivity contribution in [1.29, 1.82) is 0 Å². The van der Waals surface area contributed by atoms with Gasteiger partial charge >= 0.3 is 0 Å². The highest BCUT2D eigenvalue weighted by Crippen LogP contribution is 2.73. The fourth-order valence-corrected chi connectivity index (χ4v) is 6.70. The van der Waals surface area contributed by atoms with Gasteiger partial charge in [-0.05, 0) is 38.5 Å². The summed E-state index contributed by atoms with van der Waals surface area (Å²) in [7, 11) is 0.